The van der Waals surface area contributed by atoms with Crippen LogP contribution in [0.1, 0.15) is 44.1 Å². The highest BCUT2D eigenvalue weighted by molar-refractivity contribution is 7.99. The molecule has 1 nitrogen and oxygen atoms in total. The van der Waals surface area contributed by atoms with Gasteiger partial charge < -0.3 is 5.11 Å². The fourth-order valence-electron chi connectivity index (χ4n) is 2.73. The number of aryl methyl sites for hydroxylation is 1. The standard InChI is InChI=1S/C16H24OS/c1-13-8-6-7-11-16(13)18-12-15(17)14-9-4-2-3-5-10-14/h6-8,11,14-15,17H,2-5,9-10,12H2,1H3. The molecule has 1 atom stereocenters. The summed E-state index contributed by atoms with van der Waals surface area (Å²) in [5.41, 5.74) is 1.32. The summed E-state index contributed by atoms with van der Waals surface area (Å²) in [7, 11) is 0. The fourth-order valence-corrected chi connectivity index (χ4v) is 3.82. The number of hydrogen-bond donors (Lipinski definition) is 1. The molecule has 1 N–H and O–H groups in total. The van der Waals surface area contributed by atoms with Gasteiger partial charge in [0.25, 0.3) is 0 Å². The van der Waals surface area contributed by atoms with E-state index < -0.39 is 0 Å². The molecule has 0 saturated heterocycles. The van der Waals surface area contributed by atoms with E-state index in [1.165, 1.54) is 49.0 Å². The predicted molar refractivity (Wildman–Crippen MR) is 79.1 cm³/mol. The van der Waals surface area contributed by atoms with Gasteiger partial charge in [-0.2, -0.15) is 0 Å². The van der Waals surface area contributed by atoms with Crippen molar-refractivity contribution in [1.29, 1.82) is 0 Å². The summed E-state index contributed by atoms with van der Waals surface area (Å²) in [4.78, 5) is 1.31. The molecule has 2 rings (SSSR count). The maximum Gasteiger partial charge on any atom is 0.0662 e. The van der Waals surface area contributed by atoms with Gasteiger partial charge in [-0.25, -0.2) is 0 Å². The van der Waals surface area contributed by atoms with E-state index in [1.807, 2.05) is 0 Å². The van der Waals surface area contributed by atoms with Gasteiger partial charge in [-0.1, -0.05) is 43.9 Å². The second-order valence-electron chi connectivity index (χ2n) is 5.40. The highest BCUT2D eigenvalue weighted by atomic mass is 32.2. The molecule has 2 heteroatoms. The first kappa shape index (κ1) is 14.0. The largest absolute Gasteiger partial charge is 0.392 e. The topological polar surface area (TPSA) is 20.2 Å². The van der Waals surface area contributed by atoms with Gasteiger partial charge in [0.2, 0.25) is 0 Å². The van der Waals surface area contributed by atoms with E-state index in [4.69, 9.17) is 0 Å². The summed E-state index contributed by atoms with van der Waals surface area (Å²) in [6.45, 7) is 2.14. The minimum Gasteiger partial charge on any atom is -0.392 e. The van der Waals surface area contributed by atoms with Crippen LogP contribution >= 0.6 is 11.8 Å². The van der Waals surface area contributed by atoms with Crippen molar-refractivity contribution in [1.82, 2.24) is 0 Å². The minimum atomic E-state index is -0.132. The molecule has 0 aliphatic heterocycles. The second-order valence-corrected chi connectivity index (χ2v) is 6.46. The van der Waals surface area contributed by atoms with Crippen molar-refractivity contribution in [3.63, 3.8) is 0 Å². The lowest BCUT2D eigenvalue weighted by molar-refractivity contribution is 0.120. The number of thioether (sulfide) groups is 1. The summed E-state index contributed by atoms with van der Waals surface area (Å²) < 4.78 is 0. The summed E-state index contributed by atoms with van der Waals surface area (Å²) in [5, 5.41) is 10.3. The average molecular weight is 264 g/mol. The van der Waals surface area contributed by atoms with Crippen LogP contribution in [0.15, 0.2) is 29.2 Å². The second kappa shape index (κ2) is 7.20. The van der Waals surface area contributed by atoms with E-state index in [2.05, 4.69) is 31.2 Å². The van der Waals surface area contributed by atoms with Crippen molar-refractivity contribution >= 4 is 11.8 Å². The number of benzene rings is 1. The van der Waals surface area contributed by atoms with E-state index >= 15 is 0 Å². The molecule has 0 bridgehead atoms. The van der Waals surface area contributed by atoms with Crippen LogP contribution in [-0.4, -0.2) is 17.0 Å². The molecule has 1 saturated carbocycles. The maximum absolute atomic E-state index is 10.3. The summed E-state index contributed by atoms with van der Waals surface area (Å²) in [5.74, 6) is 1.37. The van der Waals surface area contributed by atoms with Gasteiger partial charge in [0.1, 0.15) is 0 Å². The van der Waals surface area contributed by atoms with Crippen LogP contribution in [-0.2, 0) is 0 Å². The summed E-state index contributed by atoms with van der Waals surface area (Å²) >= 11 is 1.81. The molecule has 18 heavy (non-hydrogen) atoms. The van der Waals surface area contributed by atoms with Gasteiger partial charge >= 0.3 is 0 Å². The number of hydrogen-bond acceptors (Lipinski definition) is 2. The summed E-state index contributed by atoms with van der Waals surface area (Å²) in [6.07, 6.45) is 7.62. The van der Waals surface area contributed by atoms with Crippen molar-refractivity contribution in [2.75, 3.05) is 5.75 Å². The molecule has 1 unspecified atom stereocenters. The first-order chi connectivity index (χ1) is 8.77. The Balaban J connectivity index is 1.83. The molecule has 1 aliphatic rings. The number of aliphatic hydroxyl groups is 1. The SMILES string of the molecule is Cc1ccccc1SCC(O)C1CCCCCC1. The Morgan fingerprint density at radius 1 is 1.17 bits per heavy atom. The fraction of sp³-hybridized carbons (Fsp3) is 0.625. The molecule has 0 aromatic heterocycles. The van der Waals surface area contributed by atoms with Crippen LogP contribution in [0.3, 0.4) is 0 Å². The molecular formula is C16H24OS. The predicted octanol–water partition coefficient (Wildman–Crippen LogP) is 4.42. The van der Waals surface area contributed by atoms with E-state index in [9.17, 15) is 5.11 Å². The van der Waals surface area contributed by atoms with E-state index in [-0.39, 0.29) is 6.10 Å². The first-order valence-electron chi connectivity index (χ1n) is 7.14. The van der Waals surface area contributed by atoms with E-state index in [0.717, 1.165) is 5.75 Å². The van der Waals surface area contributed by atoms with Gasteiger partial charge in [-0.3, -0.25) is 0 Å². The van der Waals surface area contributed by atoms with Gasteiger partial charge in [0.15, 0.2) is 0 Å². The van der Waals surface area contributed by atoms with Gasteiger partial charge in [-0.15, -0.1) is 11.8 Å². The molecule has 1 aromatic rings. The van der Waals surface area contributed by atoms with Crippen LogP contribution in [0.5, 0.6) is 0 Å². The maximum atomic E-state index is 10.3. The van der Waals surface area contributed by atoms with E-state index in [0.29, 0.717) is 5.92 Å². The normalized spacial score (nSPS) is 19.4. The molecule has 1 aliphatic carbocycles. The molecule has 0 heterocycles. The third-order valence-electron chi connectivity index (χ3n) is 3.95. The van der Waals surface area contributed by atoms with Crippen molar-refractivity contribution < 1.29 is 5.11 Å². The molecule has 1 fully saturated rings. The lowest BCUT2D eigenvalue weighted by Gasteiger charge is -2.21. The van der Waals surface area contributed by atoms with Gasteiger partial charge in [-0.05, 0) is 37.3 Å². The Morgan fingerprint density at radius 2 is 1.83 bits per heavy atom. The molecule has 0 amide bonds. The molecular weight excluding hydrogens is 240 g/mol. The Morgan fingerprint density at radius 3 is 2.50 bits per heavy atom. The lowest BCUT2D eigenvalue weighted by atomic mass is 9.95. The Kier molecular flexibility index (Phi) is 5.58. The average Bonchev–Trinajstić information content (AvgIpc) is 2.66. The van der Waals surface area contributed by atoms with Crippen molar-refractivity contribution in [3.8, 4) is 0 Å². The van der Waals surface area contributed by atoms with E-state index in [1.54, 1.807) is 11.8 Å². The third kappa shape index (κ3) is 4.03. The zero-order valence-corrected chi connectivity index (χ0v) is 12.1. The van der Waals surface area contributed by atoms with Crippen LogP contribution in [0.25, 0.3) is 0 Å². The Labute approximate surface area is 115 Å². The highest BCUT2D eigenvalue weighted by Gasteiger charge is 2.20. The van der Waals surface area contributed by atoms with Gasteiger partial charge in [0, 0.05) is 10.6 Å². The zero-order chi connectivity index (χ0) is 12.8. The smallest absolute Gasteiger partial charge is 0.0662 e. The van der Waals surface area contributed by atoms with Crippen molar-refractivity contribution in [3.05, 3.63) is 29.8 Å². The van der Waals surface area contributed by atoms with Crippen LogP contribution in [0.4, 0.5) is 0 Å². The first-order valence-corrected chi connectivity index (χ1v) is 8.12. The van der Waals surface area contributed by atoms with Gasteiger partial charge in [0.05, 0.1) is 6.10 Å². The number of rotatable bonds is 4. The molecule has 1 aromatic carbocycles. The highest BCUT2D eigenvalue weighted by Crippen LogP contribution is 2.29. The Bertz CT molecular complexity index is 356. The molecule has 0 spiro atoms. The molecule has 100 valence electrons. The van der Waals surface area contributed by atoms with Crippen LogP contribution < -0.4 is 0 Å². The van der Waals surface area contributed by atoms with Crippen LogP contribution in [0.2, 0.25) is 0 Å². The Hall–Kier alpha value is -0.470. The quantitative estimate of drug-likeness (QED) is 0.642. The third-order valence-corrected chi connectivity index (χ3v) is 5.22. The lowest BCUT2D eigenvalue weighted by Crippen LogP contribution is -2.22. The van der Waals surface area contributed by atoms with Crippen molar-refractivity contribution in [2.24, 2.45) is 5.92 Å². The monoisotopic (exact) mass is 264 g/mol. The number of aliphatic hydroxyl groups excluding tert-OH is 1. The van der Waals surface area contributed by atoms with Crippen LogP contribution in [0, 0.1) is 12.8 Å². The zero-order valence-electron chi connectivity index (χ0n) is 11.3. The molecule has 0 radical (unpaired) electrons. The van der Waals surface area contributed by atoms with Crippen molar-refractivity contribution in [2.45, 2.75) is 56.4 Å². The summed E-state index contributed by atoms with van der Waals surface area (Å²) in [6, 6.07) is 8.44. The minimum absolute atomic E-state index is 0.132.